The molecule has 0 bridgehead atoms. The molecule has 1 aliphatic rings. The second-order valence-corrected chi connectivity index (χ2v) is 7.80. The summed E-state index contributed by atoms with van der Waals surface area (Å²) in [5, 5.41) is 5.83. The van der Waals surface area contributed by atoms with Crippen molar-refractivity contribution < 1.29 is 9.59 Å². The first-order valence-electron chi connectivity index (χ1n) is 10.7. The number of amides is 3. The molecule has 0 aromatic heterocycles. The number of nitrogens with zero attached hydrogens (tertiary/aromatic N) is 1. The van der Waals surface area contributed by atoms with Crippen molar-refractivity contribution in [2.24, 2.45) is 0 Å². The Morgan fingerprint density at radius 1 is 0.871 bits per heavy atom. The molecule has 3 aromatic carbocycles. The number of anilines is 1. The average molecular weight is 414 g/mol. The van der Waals surface area contributed by atoms with Crippen molar-refractivity contribution in [2.75, 3.05) is 18.4 Å². The molecule has 4 rings (SSSR count). The van der Waals surface area contributed by atoms with Crippen LogP contribution in [0, 0.1) is 0 Å². The van der Waals surface area contributed by atoms with E-state index >= 15 is 0 Å². The molecule has 0 saturated carbocycles. The van der Waals surface area contributed by atoms with Crippen molar-refractivity contribution in [2.45, 2.75) is 25.8 Å². The highest BCUT2D eigenvalue weighted by atomic mass is 16.2. The van der Waals surface area contributed by atoms with Gasteiger partial charge < -0.3 is 15.5 Å². The minimum Gasteiger partial charge on any atom is -0.338 e. The summed E-state index contributed by atoms with van der Waals surface area (Å²) in [6, 6.07) is 25.4. The molecule has 0 spiro atoms. The van der Waals surface area contributed by atoms with Crippen LogP contribution in [0.3, 0.4) is 0 Å². The normalized spacial score (nSPS) is 12.7. The highest BCUT2D eigenvalue weighted by Gasteiger charge is 2.22. The Balaban J connectivity index is 1.30. The summed E-state index contributed by atoms with van der Waals surface area (Å²) in [4.78, 5) is 26.9. The van der Waals surface area contributed by atoms with Gasteiger partial charge >= 0.3 is 6.03 Å². The first kappa shape index (κ1) is 20.7. The van der Waals surface area contributed by atoms with E-state index in [0.29, 0.717) is 25.2 Å². The molecular weight excluding hydrogens is 386 g/mol. The fraction of sp³-hybridized carbons (Fsp3) is 0.231. The molecule has 2 N–H and O–H groups in total. The number of urea groups is 1. The van der Waals surface area contributed by atoms with Crippen LogP contribution in [0.1, 0.15) is 33.5 Å². The van der Waals surface area contributed by atoms with Gasteiger partial charge in [-0.05, 0) is 60.2 Å². The van der Waals surface area contributed by atoms with E-state index in [-0.39, 0.29) is 11.9 Å². The van der Waals surface area contributed by atoms with Gasteiger partial charge in [0, 0.05) is 30.9 Å². The van der Waals surface area contributed by atoms with E-state index in [1.54, 1.807) is 0 Å². The van der Waals surface area contributed by atoms with Crippen LogP contribution < -0.4 is 10.6 Å². The average Bonchev–Trinajstić information content (AvgIpc) is 2.82. The molecule has 1 aliphatic heterocycles. The monoisotopic (exact) mass is 413 g/mol. The Hall–Kier alpha value is -3.60. The van der Waals surface area contributed by atoms with E-state index in [1.807, 2.05) is 71.6 Å². The molecule has 0 fully saturated rings. The maximum absolute atomic E-state index is 12.8. The van der Waals surface area contributed by atoms with E-state index in [2.05, 4.69) is 22.8 Å². The van der Waals surface area contributed by atoms with E-state index in [0.717, 1.165) is 30.5 Å². The first-order chi connectivity index (χ1) is 15.2. The van der Waals surface area contributed by atoms with Crippen LogP contribution >= 0.6 is 0 Å². The van der Waals surface area contributed by atoms with Crippen molar-refractivity contribution >= 4 is 17.6 Å². The lowest BCUT2D eigenvalue weighted by Crippen LogP contribution is -2.36. The minimum atomic E-state index is -0.207. The fourth-order valence-corrected chi connectivity index (χ4v) is 3.89. The van der Waals surface area contributed by atoms with Crippen molar-refractivity contribution in [3.8, 4) is 0 Å². The largest absolute Gasteiger partial charge is 0.338 e. The topological polar surface area (TPSA) is 61.4 Å². The predicted molar refractivity (Wildman–Crippen MR) is 123 cm³/mol. The molecule has 0 aliphatic carbocycles. The van der Waals surface area contributed by atoms with Crippen LogP contribution in [0.5, 0.6) is 0 Å². The molecule has 3 aromatic rings. The molecule has 5 heteroatoms. The molecule has 0 unspecified atom stereocenters. The van der Waals surface area contributed by atoms with Crippen LogP contribution in [0.15, 0.2) is 78.9 Å². The Kier molecular flexibility index (Phi) is 6.62. The number of fused-ring (bicyclic) bond motifs is 1. The van der Waals surface area contributed by atoms with Crippen molar-refractivity contribution in [1.29, 1.82) is 0 Å². The summed E-state index contributed by atoms with van der Waals surface area (Å²) in [6.45, 7) is 1.87. The van der Waals surface area contributed by atoms with Gasteiger partial charge in [0.05, 0.1) is 0 Å². The summed E-state index contributed by atoms with van der Waals surface area (Å²) in [7, 11) is 0. The number of carbonyl (C=O) groups excluding carboxylic acids is 2. The number of carbonyl (C=O) groups is 2. The summed E-state index contributed by atoms with van der Waals surface area (Å²) in [6.07, 6.45) is 2.64. The van der Waals surface area contributed by atoms with E-state index in [1.165, 1.54) is 11.1 Å². The van der Waals surface area contributed by atoms with Gasteiger partial charge in [0.1, 0.15) is 0 Å². The van der Waals surface area contributed by atoms with Gasteiger partial charge in [-0.1, -0.05) is 54.6 Å². The zero-order chi connectivity index (χ0) is 21.5. The third kappa shape index (κ3) is 5.51. The second-order valence-electron chi connectivity index (χ2n) is 7.80. The first-order valence-corrected chi connectivity index (χ1v) is 10.7. The lowest BCUT2D eigenvalue weighted by Gasteiger charge is -2.29. The third-order valence-corrected chi connectivity index (χ3v) is 5.55. The fourth-order valence-electron chi connectivity index (χ4n) is 3.89. The van der Waals surface area contributed by atoms with Crippen LogP contribution in [0.4, 0.5) is 10.5 Å². The number of hydrogen-bond acceptors (Lipinski definition) is 2. The molecule has 0 atom stereocenters. The van der Waals surface area contributed by atoms with Gasteiger partial charge in [-0.15, -0.1) is 0 Å². The van der Waals surface area contributed by atoms with Crippen LogP contribution in [0.25, 0.3) is 0 Å². The SMILES string of the molecule is O=C(NCCCc1ccccc1)Nc1ccc2c(c1)CN(C(=O)c1ccccc1)CC2. The molecule has 31 heavy (non-hydrogen) atoms. The molecule has 1 heterocycles. The van der Waals surface area contributed by atoms with Crippen molar-refractivity contribution in [3.63, 3.8) is 0 Å². The van der Waals surface area contributed by atoms with E-state index in [9.17, 15) is 9.59 Å². The highest BCUT2D eigenvalue weighted by Crippen LogP contribution is 2.24. The van der Waals surface area contributed by atoms with Gasteiger partial charge in [0.25, 0.3) is 5.91 Å². The van der Waals surface area contributed by atoms with Gasteiger partial charge in [-0.3, -0.25) is 4.79 Å². The molecule has 0 radical (unpaired) electrons. The molecule has 0 saturated heterocycles. The standard InChI is InChI=1S/C26H27N3O2/c30-25(22-11-5-2-6-12-22)29-17-15-21-13-14-24(18-23(21)19-29)28-26(31)27-16-7-10-20-8-3-1-4-9-20/h1-6,8-9,11-14,18H,7,10,15-17,19H2,(H2,27,28,31). The van der Waals surface area contributed by atoms with Gasteiger partial charge in [-0.25, -0.2) is 4.79 Å². The molecular formula is C26H27N3O2. The molecule has 3 amide bonds. The lowest BCUT2D eigenvalue weighted by atomic mass is 9.98. The number of aryl methyl sites for hydroxylation is 1. The second kappa shape index (κ2) is 9.94. The third-order valence-electron chi connectivity index (χ3n) is 5.55. The smallest absolute Gasteiger partial charge is 0.319 e. The summed E-state index contributed by atoms with van der Waals surface area (Å²) >= 11 is 0. The Labute approximate surface area is 183 Å². The molecule has 158 valence electrons. The van der Waals surface area contributed by atoms with Crippen molar-refractivity contribution in [3.05, 3.63) is 101 Å². The zero-order valence-corrected chi connectivity index (χ0v) is 17.5. The number of rotatable bonds is 6. The van der Waals surface area contributed by atoms with Gasteiger partial charge in [0.15, 0.2) is 0 Å². The molecule has 5 nitrogen and oxygen atoms in total. The van der Waals surface area contributed by atoms with Gasteiger partial charge in [-0.2, -0.15) is 0 Å². The Bertz CT molecular complexity index is 1040. The van der Waals surface area contributed by atoms with Crippen LogP contribution in [-0.4, -0.2) is 29.9 Å². The predicted octanol–water partition coefficient (Wildman–Crippen LogP) is 4.64. The summed E-state index contributed by atoms with van der Waals surface area (Å²) < 4.78 is 0. The highest BCUT2D eigenvalue weighted by molar-refractivity contribution is 5.94. The number of hydrogen-bond donors (Lipinski definition) is 2. The van der Waals surface area contributed by atoms with E-state index < -0.39 is 0 Å². The Morgan fingerprint density at radius 3 is 2.39 bits per heavy atom. The van der Waals surface area contributed by atoms with Crippen LogP contribution in [-0.2, 0) is 19.4 Å². The van der Waals surface area contributed by atoms with Crippen LogP contribution in [0.2, 0.25) is 0 Å². The lowest BCUT2D eigenvalue weighted by molar-refractivity contribution is 0.0734. The van der Waals surface area contributed by atoms with Gasteiger partial charge in [0.2, 0.25) is 0 Å². The zero-order valence-electron chi connectivity index (χ0n) is 17.5. The minimum absolute atomic E-state index is 0.0424. The van der Waals surface area contributed by atoms with E-state index in [4.69, 9.17) is 0 Å². The van der Waals surface area contributed by atoms with Crippen molar-refractivity contribution in [1.82, 2.24) is 10.2 Å². The number of nitrogens with one attached hydrogen (secondary N) is 2. The summed E-state index contributed by atoms with van der Waals surface area (Å²) in [5.41, 5.74) is 5.03. The quantitative estimate of drug-likeness (QED) is 0.579. The maximum Gasteiger partial charge on any atom is 0.319 e. The Morgan fingerprint density at radius 2 is 1.61 bits per heavy atom. The maximum atomic E-state index is 12.8. The summed E-state index contributed by atoms with van der Waals surface area (Å²) in [5.74, 6) is 0.0424. The number of benzene rings is 3.